The zero-order chi connectivity index (χ0) is 35.4. The molecular weight excluding hydrogens is 662 g/mol. The monoisotopic (exact) mass is 709 g/mol. The summed E-state index contributed by atoms with van der Waals surface area (Å²) in [6.07, 6.45) is -8.99. The highest BCUT2D eigenvalue weighted by Gasteiger charge is 2.56. The van der Waals surface area contributed by atoms with E-state index in [0.29, 0.717) is 31.0 Å². The molecular formula is C28H47N5O14S. The van der Waals surface area contributed by atoms with Crippen molar-refractivity contribution in [3.05, 3.63) is 12.4 Å². The van der Waals surface area contributed by atoms with Crippen molar-refractivity contribution in [2.24, 2.45) is 0 Å². The molecule has 0 radical (unpaired) electrons. The normalized spacial score (nSPS) is 31.9. The number of aryl methyl sites for hydroxylation is 1. The predicted octanol–water partition coefficient (Wildman–Crippen LogP) is -3.95. The van der Waals surface area contributed by atoms with Gasteiger partial charge in [0.15, 0.2) is 6.29 Å². The summed E-state index contributed by atoms with van der Waals surface area (Å²) in [5, 5.41) is 95.1. The van der Waals surface area contributed by atoms with Crippen molar-refractivity contribution < 1.29 is 69.4 Å². The first-order valence-electron chi connectivity index (χ1n) is 15.7. The molecule has 2 aliphatic rings. The Morgan fingerprint density at radius 3 is 2.50 bits per heavy atom. The number of ether oxygens (including phenoxy) is 3. The van der Waals surface area contributed by atoms with Crippen LogP contribution in [0.5, 0.6) is 0 Å². The van der Waals surface area contributed by atoms with Gasteiger partial charge in [0.1, 0.15) is 36.6 Å². The Bertz CT molecular complexity index is 1150. The smallest absolute Gasteiger partial charge is 0.346 e. The number of nitrogens with zero attached hydrogens (tertiary/aromatic N) is 3. The Kier molecular flexibility index (Phi) is 15.8. The summed E-state index contributed by atoms with van der Waals surface area (Å²) in [6.45, 7) is 1.17. The van der Waals surface area contributed by atoms with E-state index in [1.54, 1.807) is 17.1 Å². The van der Waals surface area contributed by atoms with E-state index in [9.17, 15) is 55.2 Å². The number of carboxylic acids is 1. The first-order valence-corrected chi connectivity index (χ1v) is 16.7. The number of carbonyl (C=O) groups is 3. The van der Waals surface area contributed by atoms with Gasteiger partial charge in [-0.1, -0.05) is 11.6 Å². The van der Waals surface area contributed by atoms with Crippen LogP contribution in [0.3, 0.4) is 0 Å². The van der Waals surface area contributed by atoms with Gasteiger partial charge in [-0.15, -0.1) is 16.9 Å². The largest absolute Gasteiger partial charge is 0.478 e. The number of nitrogens with one attached hydrogen (secondary N) is 2. The van der Waals surface area contributed by atoms with Crippen molar-refractivity contribution in [3.8, 4) is 0 Å². The second kappa shape index (κ2) is 19.0. The molecule has 2 saturated heterocycles. The van der Waals surface area contributed by atoms with Gasteiger partial charge in [-0.3, -0.25) is 14.3 Å². The summed E-state index contributed by atoms with van der Waals surface area (Å²) < 4.78 is 18.7. The highest BCUT2D eigenvalue weighted by Crippen LogP contribution is 2.42. The Labute approximate surface area is 280 Å². The first kappa shape index (κ1) is 39.9. The Hall–Kier alpha value is -2.50. The molecule has 1 aromatic rings. The molecule has 11 atom stereocenters. The SMILES string of the molecule is CC(=O)NC1C([C@H](O)[C@H](O)CO)O[C@@](SCC2OC(OCCCNC(=O)CCCCCn3ccnn3)C(O)C(O)C2O)(C(=O)O)C[C@@H]1O. The van der Waals surface area contributed by atoms with Crippen molar-refractivity contribution >= 4 is 29.5 Å². The third-order valence-corrected chi connectivity index (χ3v) is 9.42. The number of hydrogen-bond acceptors (Lipinski definition) is 16. The van der Waals surface area contributed by atoms with Crippen LogP contribution in [0.15, 0.2) is 12.4 Å². The third kappa shape index (κ3) is 11.0. The number of carboxylic acid groups (broad SMARTS) is 1. The second-order valence-electron chi connectivity index (χ2n) is 11.8. The molecule has 7 unspecified atom stereocenters. The first-order chi connectivity index (χ1) is 22.8. The van der Waals surface area contributed by atoms with Gasteiger partial charge >= 0.3 is 5.97 Å². The molecule has 19 nitrogen and oxygen atoms in total. The Balaban J connectivity index is 1.51. The minimum Gasteiger partial charge on any atom is -0.478 e. The second-order valence-corrected chi connectivity index (χ2v) is 13.0. The van der Waals surface area contributed by atoms with Crippen molar-refractivity contribution in [1.82, 2.24) is 25.6 Å². The van der Waals surface area contributed by atoms with E-state index in [1.165, 1.54) is 0 Å². The molecule has 0 saturated carbocycles. The van der Waals surface area contributed by atoms with Crippen LogP contribution >= 0.6 is 11.8 Å². The molecule has 10 N–H and O–H groups in total. The van der Waals surface area contributed by atoms with Crippen LogP contribution in [0.2, 0.25) is 0 Å². The van der Waals surface area contributed by atoms with Crippen molar-refractivity contribution in [2.75, 3.05) is 25.5 Å². The minimum atomic E-state index is -2.30. The fraction of sp³-hybridized carbons (Fsp3) is 0.821. The lowest BCUT2D eigenvalue weighted by Gasteiger charge is -2.47. The zero-order valence-electron chi connectivity index (χ0n) is 26.5. The number of carbonyl (C=O) groups excluding carboxylic acids is 2. The maximum absolute atomic E-state index is 12.5. The van der Waals surface area contributed by atoms with Crippen LogP contribution in [0, 0.1) is 0 Å². The van der Waals surface area contributed by atoms with Gasteiger partial charge in [0.05, 0.1) is 37.7 Å². The molecule has 0 bridgehead atoms. The molecule has 2 fully saturated rings. The number of hydrogen-bond donors (Lipinski definition) is 10. The van der Waals surface area contributed by atoms with Crippen LogP contribution in [0.1, 0.15) is 45.4 Å². The highest BCUT2D eigenvalue weighted by molar-refractivity contribution is 8.01. The van der Waals surface area contributed by atoms with Gasteiger partial charge in [0.2, 0.25) is 16.7 Å². The number of thioether (sulfide) groups is 1. The predicted molar refractivity (Wildman–Crippen MR) is 164 cm³/mol. The molecule has 274 valence electrons. The molecule has 2 aliphatic heterocycles. The van der Waals surface area contributed by atoms with Gasteiger partial charge < -0.3 is 65.7 Å². The summed E-state index contributed by atoms with van der Waals surface area (Å²) in [7, 11) is 0. The number of amides is 2. The average Bonchev–Trinajstić information content (AvgIpc) is 3.57. The van der Waals surface area contributed by atoms with Crippen LogP contribution in [0.25, 0.3) is 0 Å². The van der Waals surface area contributed by atoms with Gasteiger partial charge in [-0.05, 0) is 19.3 Å². The molecule has 20 heteroatoms. The van der Waals surface area contributed by atoms with Crippen molar-refractivity contribution in [3.63, 3.8) is 0 Å². The molecule has 3 rings (SSSR count). The number of rotatable bonds is 19. The standard InChI is InChI=1S/C28H47N5O14S/c1-15(35)31-20-16(36)12-28(27(43)44,47-25(20)21(39)17(37)13-34)48-14-18-22(40)23(41)24(42)26(46-18)45-11-5-7-29-19(38)6-3-2-4-9-33-10-8-30-32-33/h8,10,16-18,20-26,34,36-37,39-42H,2-7,9,11-14H2,1H3,(H,29,38)(H,31,35)(H,43,44)/t16-,17+,18?,20?,21+,22?,23?,24?,25?,26?,28-/m0/s1. The van der Waals surface area contributed by atoms with Gasteiger partial charge in [-0.2, -0.15) is 0 Å². The molecule has 3 heterocycles. The van der Waals surface area contributed by atoms with Gasteiger partial charge in [-0.25, -0.2) is 4.79 Å². The summed E-state index contributed by atoms with van der Waals surface area (Å²) in [6, 6.07) is -1.35. The topological polar surface area (TPSA) is 296 Å². The molecule has 0 aliphatic carbocycles. The number of unbranched alkanes of at least 4 members (excludes halogenated alkanes) is 2. The number of aliphatic hydroxyl groups excluding tert-OH is 7. The van der Waals surface area contributed by atoms with Crippen LogP contribution in [-0.4, -0.2) is 165 Å². The summed E-state index contributed by atoms with van der Waals surface area (Å²) in [4.78, 5) is 34.0. The van der Waals surface area contributed by atoms with E-state index in [0.717, 1.165) is 26.3 Å². The average molecular weight is 710 g/mol. The fourth-order valence-electron chi connectivity index (χ4n) is 5.36. The quantitative estimate of drug-likeness (QED) is 0.0613. The van der Waals surface area contributed by atoms with Crippen LogP contribution in [0.4, 0.5) is 0 Å². The van der Waals surface area contributed by atoms with Gasteiger partial charge in [0, 0.05) is 44.8 Å². The molecule has 0 spiro atoms. The number of aliphatic carboxylic acids is 1. The molecule has 1 aromatic heterocycles. The Morgan fingerprint density at radius 1 is 1.10 bits per heavy atom. The fourth-order valence-corrected chi connectivity index (χ4v) is 6.66. The molecule has 2 amide bonds. The highest BCUT2D eigenvalue weighted by atomic mass is 32.2. The van der Waals surface area contributed by atoms with E-state index in [4.69, 9.17) is 14.2 Å². The lowest BCUT2D eigenvalue weighted by molar-refractivity contribution is -0.292. The van der Waals surface area contributed by atoms with Crippen LogP contribution in [-0.2, 0) is 35.1 Å². The summed E-state index contributed by atoms with van der Waals surface area (Å²) in [5.74, 6) is -2.75. The van der Waals surface area contributed by atoms with Crippen LogP contribution < -0.4 is 10.6 Å². The summed E-state index contributed by atoms with van der Waals surface area (Å²) >= 11 is 0.540. The maximum atomic E-state index is 12.5. The van der Waals surface area contributed by atoms with E-state index < -0.39 is 91.0 Å². The van der Waals surface area contributed by atoms with E-state index in [1.807, 2.05) is 0 Å². The minimum absolute atomic E-state index is 0.00571. The summed E-state index contributed by atoms with van der Waals surface area (Å²) in [5.41, 5.74) is 0. The van der Waals surface area contributed by atoms with E-state index >= 15 is 0 Å². The number of aliphatic hydroxyl groups is 7. The molecule has 48 heavy (non-hydrogen) atoms. The lowest BCUT2D eigenvalue weighted by Crippen LogP contribution is -2.66. The van der Waals surface area contributed by atoms with E-state index in [-0.39, 0.29) is 24.8 Å². The Morgan fingerprint density at radius 2 is 1.85 bits per heavy atom. The lowest BCUT2D eigenvalue weighted by atomic mass is 9.90. The molecule has 0 aromatic carbocycles. The maximum Gasteiger partial charge on any atom is 0.346 e. The zero-order valence-corrected chi connectivity index (χ0v) is 27.3. The van der Waals surface area contributed by atoms with Gasteiger partial charge in [0.25, 0.3) is 0 Å². The van der Waals surface area contributed by atoms with Crippen molar-refractivity contribution in [1.29, 1.82) is 0 Å². The third-order valence-electron chi connectivity index (χ3n) is 8.02. The van der Waals surface area contributed by atoms with E-state index in [2.05, 4.69) is 20.9 Å². The number of aromatic nitrogens is 3. The van der Waals surface area contributed by atoms with Crippen molar-refractivity contribution in [2.45, 2.75) is 118 Å².